The van der Waals surface area contributed by atoms with Gasteiger partial charge in [-0.05, 0) is 43.9 Å². The van der Waals surface area contributed by atoms with Crippen molar-refractivity contribution in [2.24, 2.45) is 5.41 Å². The van der Waals surface area contributed by atoms with Gasteiger partial charge in [0.2, 0.25) is 0 Å². The van der Waals surface area contributed by atoms with Gasteiger partial charge in [-0.1, -0.05) is 74.4 Å². The number of hydrogen-bond acceptors (Lipinski definition) is 3. The lowest BCUT2D eigenvalue weighted by Crippen LogP contribution is -2.49. The molecule has 0 radical (unpaired) electrons. The number of aryl methyl sites for hydroxylation is 2. The first kappa shape index (κ1) is 25.0. The zero-order chi connectivity index (χ0) is 22.7. The molecule has 0 aliphatic carbocycles. The molecular weight excluding hydrogens is 376 g/mol. The molecule has 0 aliphatic heterocycles. The molecule has 0 bridgehead atoms. The summed E-state index contributed by atoms with van der Waals surface area (Å²) in [7, 11) is 0. The van der Waals surface area contributed by atoms with Crippen molar-refractivity contribution in [2.75, 3.05) is 6.54 Å². The standard InChI is InChI=1S/C22H28N2O3.C3H6/c1-16-11-17(2)13-19(12-16)20(25)24(15-22(3,4)5)23-21(26)27-14-18-9-7-6-8-10-18;1-3-2/h6-13H,14-15H2,1-5H3,(H,23,26);3H,1H2,2H3. The molecule has 162 valence electrons. The van der Waals surface area contributed by atoms with Crippen LogP contribution in [0.15, 0.2) is 61.2 Å². The Morgan fingerprint density at radius 1 is 1.07 bits per heavy atom. The Hall–Kier alpha value is -3.08. The van der Waals surface area contributed by atoms with Gasteiger partial charge >= 0.3 is 6.09 Å². The summed E-state index contributed by atoms with van der Waals surface area (Å²) in [4.78, 5) is 25.2. The van der Waals surface area contributed by atoms with Gasteiger partial charge < -0.3 is 4.74 Å². The van der Waals surface area contributed by atoms with Crippen LogP contribution < -0.4 is 5.43 Å². The number of hydrazine groups is 1. The van der Waals surface area contributed by atoms with E-state index in [9.17, 15) is 9.59 Å². The number of nitrogens with zero attached hydrogens (tertiary/aromatic N) is 1. The summed E-state index contributed by atoms with van der Waals surface area (Å²) < 4.78 is 5.26. The highest BCUT2D eigenvalue weighted by molar-refractivity contribution is 5.95. The van der Waals surface area contributed by atoms with E-state index < -0.39 is 6.09 Å². The van der Waals surface area contributed by atoms with Crippen LogP contribution in [-0.4, -0.2) is 23.6 Å². The third-order valence-electron chi connectivity index (χ3n) is 3.79. The summed E-state index contributed by atoms with van der Waals surface area (Å²) >= 11 is 0. The predicted molar refractivity (Wildman–Crippen MR) is 122 cm³/mol. The summed E-state index contributed by atoms with van der Waals surface area (Å²) in [5, 5.41) is 1.33. The van der Waals surface area contributed by atoms with Crippen LogP contribution in [0.25, 0.3) is 0 Å². The highest BCUT2D eigenvalue weighted by Gasteiger charge is 2.24. The van der Waals surface area contributed by atoms with E-state index in [1.54, 1.807) is 6.08 Å². The number of hydrogen-bond donors (Lipinski definition) is 1. The second-order valence-corrected chi connectivity index (χ2v) is 8.41. The van der Waals surface area contributed by atoms with Crippen molar-refractivity contribution < 1.29 is 14.3 Å². The zero-order valence-corrected chi connectivity index (χ0v) is 19.0. The smallest absolute Gasteiger partial charge is 0.426 e. The van der Waals surface area contributed by atoms with E-state index in [0.29, 0.717) is 12.1 Å². The molecule has 0 saturated heterocycles. The molecule has 2 aromatic carbocycles. The summed E-state index contributed by atoms with van der Waals surface area (Å²) in [6.45, 7) is 15.7. The van der Waals surface area contributed by atoms with Gasteiger partial charge in [0, 0.05) is 12.1 Å². The van der Waals surface area contributed by atoms with Gasteiger partial charge in [-0.15, -0.1) is 6.58 Å². The molecule has 2 amide bonds. The van der Waals surface area contributed by atoms with E-state index >= 15 is 0 Å². The monoisotopic (exact) mass is 410 g/mol. The third kappa shape index (κ3) is 9.41. The normalized spacial score (nSPS) is 10.3. The Balaban J connectivity index is 0.00000141. The molecular formula is C25H34N2O3. The van der Waals surface area contributed by atoms with Crippen LogP contribution in [0, 0.1) is 19.3 Å². The van der Waals surface area contributed by atoms with Crippen LogP contribution in [0.3, 0.4) is 0 Å². The number of benzene rings is 2. The molecule has 0 unspecified atom stereocenters. The van der Waals surface area contributed by atoms with Crippen LogP contribution in [0.1, 0.15) is 54.7 Å². The minimum absolute atomic E-state index is 0.147. The summed E-state index contributed by atoms with van der Waals surface area (Å²) in [6.07, 6.45) is 1.10. The predicted octanol–water partition coefficient (Wildman–Crippen LogP) is 5.83. The highest BCUT2D eigenvalue weighted by Crippen LogP contribution is 2.17. The van der Waals surface area contributed by atoms with Crippen LogP contribution in [-0.2, 0) is 11.3 Å². The van der Waals surface area contributed by atoms with E-state index in [-0.39, 0.29) is 17.9 Å². The molecule has 5 heteroatoms. The molecule has 1 N–H and O–H groups in total. The maximum absolute atomic E-state index is 13.0. The van der Waals surface area contributed by atoms with E-state index in [2.05, 4.69) is 12.0 Å². The average molecular weight is 411 g/mol. The van der Waals surface area contributed by atoms with Gasteiger partial charge in [0.1, 0.15) is 6.61 Å². The van der Waals surface area contributed by atoms with Crippen molar-refractivity contribution in [3.63, 3.8) is 0 Å². The molecule has 0 fully saturated rings. The average Bonchev–Trinajstić information content (AvgIpc) is 2.65. The fourth-order valence-corrected chi connectivity index (χ4v) is 2.76. The van der Waals surface area contributed by atoms with Crippen molar-refractivity contribution >= 4 is 12.0 Å². The molecule has 2 aromatic rings. The molecule has 0 saturated carbocycles. The van der Waals surface area contributed by atoms with Gasteiger partial charge in [0.25, 0.3) is 5.91 Å². The van der Waals surface area contributed by atoms with E-state index in [0.717, 1.165) is 16.7 Å². The number of carbonyl (C=O) groups excluding carboxylic acids is 2. The lowest BCUT2D eigenvalue weighted by Gasteiger charge is -2.30. The van der Waals surface area contributed by atoms with Gasteiger partial charge in [-0.2, -0.15) is 0 Å². The van der Waals surface area contributed by atoms with Crippen molar-refractivity contribution in [1.29, 1.82) is 0 Å². The highest BCUT2D eigenvalue weighted by atomic mass is 16.6. The Bertz CT molecular complexity index is 819. The van der Waals surface area contributed by atoms with Crippen molar-refractivity contribution in [1.82, 2.24) is 10.4 Å². The topological polar surface area (TPSA) is 58.6 Å². The fraction of sp³-hybridized carbons (Fsp3) is 0.360. The van der Waals surface area contributed by atoms with Crippen LogP contribution in [0.2, 0.25) is 0 Å². The van der Waals surface area contributed by atoms with E-state index in [1.165, 1.54) is 5.01 Å². The molecule has 0 aromatic heterocycles. The number of carbonyl (C=O) groups is 2. The number of amides is 2. The quantitative estimate of drug-likeness (QED) is 0.510. The summed E-state index contributed by atoms with van der Waals surface area (Å²) in [6, 6.07) is 15.1. The second kappa shape index (κ2) is 11.8. The molecule has 0 heterocycles. The summed E-state index contributed by atoms with van der Waals surface area (Å²) in [5.41, 5.74) is 5.84. The largest absolute Gasteiger partial charge is 0.443 e. The van der Waals surface area contributed by atoms with Crippen molar-refractivity contribution in [3.05, 3.63) is 83.4 Å². The Morgan fingerprint density at radius 2 is 1.60 bits per heavy atom. The van der Waals surface area contributed by atoms with Gasteiger partial charge in [0.15, 0.2) is 0 Å². The molecule has 0 spiro atoms. The number of allylic oxidation sites excluding steroid dienone is 1. The number of ether oxygens (including phenoxy) is 1. The molecule has 2 rings (SSSR count). The molecule has 0 atom stereocenters. The molecule has 0 aliphatic rings. The van der Waals surface area contributed by atoms with Crippen LogP contribution in [0.4, 0.5) is 4.79 Å². The van der Waals surface area contributed by atoms with E-state index in [4.69, 9.17) is 4.74 Å². The first-order chi connectivity index (χ1) is 14.1. The number of nitrogens with one attached hydrogen (secondary N) is 1. The third-order valence-corrected chi connectivity index (χ3v) is 3.79. The zero-order valence-electron chi connectivity index (χ0n) is 19.0. The van der Waals surface area contributed by atoms with Gasteiger partial charge in [-0.3, -0.25) is 4.79 Å². The summed E-state index contributed by atoms with van der Waals surface area (Å²) in [5.74, 6) is -0.256. The van der Waals surface area contributed by atoms with Crippen molar-refractivity contribution in [2.45, 2.75) is 48.1 Å². The first-order valence-corrected chi connectivity index (χ1v) is 10.00. The first-order valence-electron chi connectivity index (χ1n) is 10.00. The maximum Gasteiger partial charge on any atom is 0.426 e. The fourth-order valence-electron chi connectivity index (χ4n) is 2.76. The van der Waals surface area contributed by atoms with Crippen LogP contribution >= 0.6 is 0 Å². The van der Waals surface area contributed by atoms with E-state index in [1.807, 2.05) is 90.1 Å². The lowest BCUT2D eigenvalue weighted by molar-refractivity contribution is 0.0510. The van der Waals surface area contributed by atoms with Gasteiger partial charge in [0.05, 0.1) is 0 Å². The SMILES string of the molecule is C=CC.Cc1cc(C)cc(C(=O)N(CC(C)(C)C)NC(=O)OCc2ccccc2)c1. The van der Waals surface area contributed by atoms with Crippen molar-refractivity contribution in [3.8, 4) is 0 Å². The lowest BCUT2D eigenvalue weighted by atomic mass is 9.96. The Kier molecular flexibility index (Phi) is 9.82. The Labute approximate surface area is 180 Å². The Morgan fingerprint density at radius 3 is 2.10 bits per heavy atom. The second-order valence-electron chi connectivity index (χ2n) is 8.41. The minimum atomic E-state index is -0.652. The minimum Gasteiger partial charge on any atom is -0.443 e. The number of rotatable bonds is 4. The maximum atomic E-state index is 13.0. The van der Waals surface area contributed by atoms with Crippen LogP contribution in [0.5, 0.6) is 0 Å². The molecule has 5 nitrogen and oxygen atoms in total. The molecule has 30 heavy (non-hydrogen) atoms. The van der Waals surface area contributed by atoms with Gasteiger partial charge in [-0.25, -0.2) is 15.2 Å².